The van der Waals surface area contributed by atoms with Crippen molar-refractivity contribution >= 4 is 18.2 Å². The maximum absolute atomic E-state index is 11.7. The van der Waals surface area contributed by atoms with Gasteiger partial charge in [0.1, 0.15) is 5.75 Å². The van der Waals surface area contributed by atoms with Gasteiger partial charge in [0.2, 0.25) is 0 Å². The molecule has 5 N–H and O–H groups in total. The summed E-state index contributed by atoms with van der Waals surface area (Å²) in [5.41, 5.74) is 1.41. The average molecular weight is 484 g/mol. The summed E-state index contributed by atoms with van der Waals surface area (Å²) in [4.78, 5) is 19.4. The summed E-state index contributed by atoms with van der Waals surface area (Å²) in [7, 11) is -6.18. The minimum Gasteiger partial charge on any atom is -0.496 e. The number of hydrogen-bond donors (Lipinski definition) is 5. The van der Waals surface area contributed by atoms with E-state index in [9.17, 15) is 23.5 Å². The Kier molecular flexibility index (Phi) is 7.77. The van der Waals surface area contributed by atoms with E-state index in [-0.39, 0.29) is 17.4 Å². The van der Waals surface area contributed by atoms with Crippen LogP contribution in [0.25, 0.3) is 0 Å². The second-order valence-corrected chi connectivity index (χ2v) is 12.3. The zero-order chi connectivity index (χ0) is 23.6. The van der Waals surface area contributed by atoms with Crippen LogP contribution in [0.4, 0.5) is 0 Å². The van der Waals surface area contributed by atoms with E-state index < -0.39 is 29.9 Å². The van der Waals surface area contributed by atoms with Crippen molar-refractivity contribution in [1.29, 1.82) is 0 Å². The van der Waals surface area contributed by atoms with Gasteiger partial charge in [-0.15, -0.1) is 0 Å². The van der Waals surface area contributed by atoms with E-state index in [1.807, 2.05) is 30.3 Å². The van der Waals surface area contributed by atoms with Gasteiger partial charge in [0.15, 0.2) is 0 Å². The lowest BCUT2D eigenvalue weighted by Gasteiger charge is -2.42. The molecule has 9 heteroatoms. The normalized spacial score (nSPS) is 23.8. The Bertz CT molecular complexity index is 980. The van der Waals surface area contributed by atoms with Gasteiger partial charge < -0.3 is 14.5 Å². The number of benzene rings is 2. The van der Waals surface area contributed by atoms with Crippen LogP contribution in [-0.4, -0.2) is 37.3 Å². The van der Waals surface area contributed by atoms with Gasteiger partial charge in [-0.3, -0.25) is 19.0 Å². The highest BCUT2D eigenvalue weighted by Crippen LogP contribution is 2.58. The molecule has 7 nitrogen and oxygen atoms in total. The first-order chi connectivity index (χ1) is 15.0. The minimum absolute atomic E-state index is 0.147. The summed E-state index contributed by atoms with van der Waals surface area (Å²) in [5.74, 6) is 0.469. The Morgan fingerprint density at radius 1 is 1.19 bits per heavy atom. The molecular weight excluding hydrogens is 449 g/mol. The number of hydrogen-bond acceptors (Lipinski definition) is 5. The van der Waals surface area contributed by atoms with Crippen molar-refractivity contribution < 1.29 is 28.2 Å². The molecule has 1 aliphatic heterocycles. The average Bonchev–Trinajstić information content (AvgIpc) is 2.84. The topological polar surface area (TPSA) is 119 Å². The zero-order valence-electron chi connectivity index (χ0n) is 18.8. The predicted octanol–water partition coefficient (Wildman–Crippen LogP) is 5.51. The van der Waals surface area contributed by atoms with E-state index in [1.165, 1.54) is 13.2 Å². The second kappa shape index (κ2) is 9.85. The molecule has 0 bridgehead atoms. The number of ether oxygens (including phenoxy) is 1. The monoisotopic (exact) mass is 483 g/mol. The van der Waals surface area contributed by atoms with Crippen LogP contribution in [0.1, 0.15) is 62.3 Å². The SMILES string of the molecule is CCCC[C@]1(CC)CS(O)(O)c2cc(CP(=O)(O)O)c(OC)cc2[C@H](c2ccccc2)N1. The highest BCUT2D eigenvalue weighted by atomic mass is 32.3. The Morgan fingerprint density at radius 2 is 1.88 bits per heavy atom. The third kappa shape index (κ3) is 5.57. The number of rotatable bonds is 8. The molecule has 3 rings (SSSR count). The van der Waals surface area contributed by atoms with Crippen molar-refractivity contribution in [2.45, 2.75) is 62.2 Å². The molecule has 0 aromatic heterocycles. The first-order valence-electron chi connectivity index (χ1n) is 10.9. The van der Waals surface area contributed by atoms with Gasteiger partial charge in [0, 0.05) is 16.7 Å². The van der Waals surface area contributed by atoms with Crippen molar-refractivity contribution in [1.82, 2.24) is 5.32 Å². The van der Waals surface area contributed by atoms with Crippen LogP contribution in [-0.2, 0) is 10.7 Å². The Morgan fingerprint density at radius 3 is 2.44 bits per heavy atom. The first kappa shape index (κ1) is 25.2. The number of unbranched alkanes of at least 4 members (excludes halogenated alkanes) is 1. The molecule has 178 valence electrons. The number of nitrogens with one attached hydrogen (secondary N) is 1. The molecule has 0 aliphatic carbocycles. The first-order valence-corrected chi connectivity index (χ1v) is 14.4. The molecule has 2 atom stereocenters. The van der Waals surface area contributed by atoms with Crippen LogP contribution in [0, 0.1) is 0 Å². The molecule has 1 heterocycles. The molecule has 0 unspecified atom stereocenters. The number of methoxy groups -OCH3 is 1. The maximum Gasteiger partial charge on any atom is 0.330 e. The molecule has 2 aromatic carbocycles. The summed E-state index contributed by atoms with van der Waals surface area (Å²) in [5, 5.41) is 3.75. The van der Waals surface area contributed by atoms with Crippen molar-refractivity contribution in [3.05, 3.63) is 59.2 Å². The minimum atomic E-state index is -4.39. The van der Waals surface area contributed by atoms with Gasteiger partial charge >= 0.3 is 7.60 Å². The molecule has 32 heavy (non-hydrogen) atoms. The van der Waals surface area contributed by atoms with Gasteiger partial charge in [-0.2, -0.15) is 10.6 Å². The van der Waals surface area contributed by atoms with E-state index in [2.05, 4.69) is 19.2 Å². The van der Waals surface area contributed by atoms with Crippen LogP contribution in [0.5, 0.6) is 5.75 Å². The Hall–Kier alpha value is -1.38. The molecule has 0 saturated carbocycles. The summed E-state index contributed by atoms with van der Waals surface area (Å²) < 4.78 is 40.0. The lowest BCUT2D eigenvalue weighted by atomic mass is 9.88. The van der Waals surface area contributed by atoms with Crippen LogP contribution in [0.2, 0.25) is 0 Å². The second-order valence-electron chi connectivity index (χ2n) is 8.56. The lowest BCUT2D eigenvalue weighted by Crippen LogP contribution is -2.49. The molecule has 0 spiro atoms. The van der Waals surface area contributed by atoms with Crippen molar-refractivity contribution in [2.24, 2.45) is 0 Å². The van der Waals surface area contributed by atoms with Gasteiger partial charge in [-0.1, -0.05) is 57.0 Å². The van der Waals surface area contributed by atoms with Crippen LogP contribution >= 0.6 is 18.2 Å². The third-order valence-corrected chi connectivity index (χ3v) is 8.96. The molecule has 2 aromatic rings. The van der Waals surface area contributed by atoms with E-state index in [0.29, 0.717) is 22.6 Å². The van der Waals surface area contributed by atoms with E-state index in [1.54, 1.807) is 6.07 Å². The highest BCUT2D eigenvalue weighted by Gasteiger charge is 2.42. The quantitative estimate of drug-likeness (QED) is 0.314. The fourth-order valence-corrected chi connectivity index (χ4v) is 7.43. The van der Waals surface area contributed by atoms with Crippen LogP contribution < -0.4 is 10.1 Å². The number of fused-ring (bicyclic) bond motifs is 1. The van der Waals surface area contributed by atoms with Crippen molar-refractivity contribution in [3.63, 3.8) is 0 Å². The molecule has 0 saturated heterocycles. The van der Waals surface area contributed by atoms with Crippen LogP contribution in [0.3, 0.4) is 0 Å². The molecule has 1 aliphatic rings. The van der Waals surface area contributed by atoms with Gasteiger partial charge in [0.25, 0.3) is 0 Å². The fraction of sp³-hybridized carbons (Fsp3) is 0.478. The highest BCUT2D eigenvalue weighted by molar-refractivity contribution is 8.24. The van der Waals surface area contributed by atoms with Gasteiger partial charge in [-0.05, 0) is 30.5 Å². The smallest absolute Gasteiger partial charge is 0.330 e. The van der Waals surface area contributed by atoms with E-state index >= 15 is 0 Å². The predicted molar refractivity (Wildman–Crippen MR) is 129 cm³/mol. The van der Waals surface area contributed by atoms with Gasteiger partial charge in [-0.25, -0.2) is 0 Å². The fourth-order valence-electron chi connectivity index (χ4n) is 4.50. The van der Waals surface area contributed by atoms with Crippen molar-refractivity contribution in [2.75, 3.05) is 12.9 Å². The summed E-state index contributed by atoms with van der Waals surface area (Å²) in [6.07, 6.45) is 2.91. The molecule has 0 radical (unpaired) electrons. The third-order valence-electron chi connectivity index (χ3n) is 6.20. The van der Waals surface area contributed by atoms with Crippen LogP contribution in [0.15, 0.2) is 47.4 Å². The van der Waals surface area contributed by atoms with Crippen molar-refractivity contribution in [3.8, 4) is 5.75 Å². The van der Waals surface area contributed by atoms with E-state index in [0.717, 1.165) is 24.8 Å². The molecular formula is C23H34NO6PS. The summed E-state index contributed by atoms with van der Waals surface area (Å²) in [6, 6.07) is 12.7. The molecule has 0 fully saturated rings. The summed E-state index contributed by atoms with van der Waals surface area (Å²) in [6.45, 7) is 4.16. The Balaban J connectivity index is 2.25. The maximum atomic E-state index is 11.7. The zero-order valence-corrected chi connectivity index (χ0v) is 20.5. The van der Waals surface area contributed by atoms with E-state index in [4.69, 9.17) is 4.74 Å². The standard InChI is InChI=1S/C23H34NO6PS/c1-4-6-12-23(5-2)16-32(28,29)21-13-18(15-31(25,26)27)20(30-3)14-19(21)22(24-23)17-10-8-7-9-11-17/h7-11,13-14,22,24,28-29H,4-6,12,15-16H2,1-3H3,(H2,25,26,27)/t22-,23+/m0/s1. The summed E-state index contributed by atoms with van der Waals surface area (Å²) >= 11 is 0. The Labute approximate surface area is 191 Å². The largest absolute Gasteiger partial charge is 0.496 e. The lowest BCUT2D eigenvalue weighted by molar-refractivity contribution is 0.290. The molecule has 0 amide bonds. The van der Waals surface area contributed by atoms with Gasteiger partial charge in [0.05, 0.1) is 30.0 Å².